The van der Waals surface area contributed by atoms with Crippen LogP contribution >= 0.6 is 11.6 Å². The van der Waals surface area contributed by atoms with Crippen LogP contribution in [0.5, 0.6) is 0 Å². The van der Waals surface area contributed by atoms with Crippen LogP contribution < -0.4 is 0 Å². The van der Waals surface area contributed by atoms with Gasteiger partial charge >= 0.3 is 0 Å². The fraction of sp³-hybridized carbons (Fsp3) is 0.500. The van der Waals surface area contributed by atoms with E-state index in [4.69, 9.17) is 16.3 Å². The molecule has 1 saturated carbocycles. The lowest BCUT2D eigenvalue weighted by molar-refractivity contribution is -0.145. The fourth-order valence-corrected chi connectivity index (χ4v) is 4.72. The van der Waals surface area contributed by atoms with Crippen LogP contribution in [0.1, 0.15) is 64.5 Å². The van der Waals surface area contributed by atoms with E-state index in [1.54, 1.807) is 12.2 Å². The summed E-state index contributed by atoms with van der Waals surface area (Å²) in [5.74, 6) is -0.558. The molecule has 0 N–H and O–H groups in total. The molecule has 3 nitrogen and oxygen atoms in total. The van der Waals surface area contributed by atoms with Crippen LogP contribution in [-0.2, 0) is 9.53 Å². The van der Waals surface area contributed by atoms with E-state index < -0.39 is 11.6 Å². The van der Waals surface area contributed by atoms with Crippen molar-refractivity contribution >= 4 is 17.5 Å². The lowest BCUT2D eigenvalue weighted by atomic mass is 9.80. The third-order valence-corrected chi connectivity index (χ3v) is 7.15. The summed E-state index contributed by atoms with van der Waals surface area (Å²) in [6.07, 6.45) is 8.79. The number of carbonyl (C=O) groups is 1. The van der Waals surface area contributed by atoms with Crippen LogP contribution in [0.2, 0.25) is 0 Å². The van der Waals surface area contributed by atoms with Gasteiger partial charge in [-0.15, -0.1) is 0 Å². The van der Waals surface area contributed by atoms with Gasteiger partial charge < -0.3 is 9.64 Å². The number of nitrogens with zero attached hydrogens (tertiary/aromatic N) is 1. The summed E-state index contributed by atoms with van der Waals surface area (Å²) in [5, 5.41) is 0.668. The van der Waals surface area contributed by atoms with Crippen LogP contribution in [0.4, 0.5) is 8.78 Å². The summed E-state index contributed by atoms with van der Waals surface area (Å²) < 4.78 is 33.7. The van der Waals surface area contributed by atoms with Gasteiger partial charge in [-0.1, -0.05) is 44.2 Å². The Labute approximate surface area is 194 Å². The zero-order valence-electron chi connectivity index (χ0n) is 19.0. The van der Waals surface area contributed by atoms with Crippen molar-refractivity contribution in [1.82, 2.24) is 4.90 Å². The van der Waals surface area contributed by atoms with Gasteiger partial charge in [0.15, 0.2) is 0 Å². The second-order valence-electron chi connectivity index (χ2n) is 8.91. The predicted molar refractivity (Wildman–Crippen MR) is 124 cm³/mol. The summed E-state index contributed by atoms with van der Waals surface area (Å²) in [5.41, 5.74) is 0.521. The minimum Gasteiger partial charge on any atom is -0.489 e. The molecule has 1 aliphatic carbocycles. The molecule has 3 atom stereocenters. The lowest BCUT2D eigenvalue weighted by Crippen LogP contribution is -2.46. The molecule has 3 rings (SSSR count). The van der Waals surface area contributed by atoms with E-state index in [0.717, 1.165) is 18.9 Å². The number of benzene rings is 1. The van der Waals surface area contributed by atoms with Crippen molar-refractivity contribution in [2.45, 2.75) is 71.1 Å². The monoisotopic (exact) mass is 463 g/mol. The zero-order chi connectivity index (χ0) is 23.4. The Hall–Kier alpha value is -2.14. The van der Waals surface area contributed by atoms with Crippen LogP contribution in [-0.4, -0.2) is 23.0 Å². The van der Waals surface area contributed by atoms with Crippen molar-refractivity contribution in [2.75, 3.05) is 0 Å². The van der Waals surface area contributed by atoms with Gasteiger partial charge in [0.2, 0.25) is 5.91 Å². The Balaban J connectivity index is 1.68. The van der Waals surface area contributed by atoms with E-state index in [1.807, 2.05) is 24.8 Å². The number of hydrogen-bond acceptors (Lipinski definition) is 2. The van der Waals surface area contributed by atoms with Gasteiger partial charge in [-0.05, 0) is 68.7 Å². The van der Waals surface area contributed by atoms with E-state index in [0.29, 0.717) is 35.6 Å². The molecule has 1 amide bonds. The molecule has 1 aliphatic heterocycles. The largest absolute Gasteiger partial charge is 0.489 e. The first-order chi connectivity index (χ1) is 15.2. The average molecular weight is 464 g/mol. The molecule has 1 aromatic rings. The van der Waals surface area contributed by atoms with Gasteiger partial charge in [-0.25, -0.2) is 8.78 Å². The highest BCUT2D eigenvalue weighted by atomic mass is 35.5. The average Bonchev–Trinajstić information content (AvgIpc) is 3.11. The molecule has 32 heavy (non-hydrogen) atoms. The summed E-state index contributed by atoms with van der Waals surface area (Å²) in [6.45, 7) is 9.80. The van der Waals surface area contributed by atoms with Gasteiger partial charge in [0, 0.05) is 18.0 Å². The van der Waals surface area contributed by atoms with Crippen LogP contribution in [0, 0.1) is 23.5 Å². The van der Waals surface area contributed by atoms with Gasteiger partial charge in [0.1, 0.15) is 23.5 Å². The SMILES string of the molecule is C=C/C=C\C(OC1CC(C(=O)N2C(C)CCC2c2cc(F)cc(F)c2)C1)=C(\Cl)C(C)CC. The number of likely N-dealkylation sites (tertiary alicyclic amines) is 1. The van der Waals surface area contributed by atoms with Crippen molar-refractivity contribution in [2.24, 2.45) is 11.8 Å². The second-order valence-corrected chi connectivity index (χ2v) is 9.32. The van der Waals surface area contributed by atoms with Crippen molar-refractivity contribution in [3.8, 4) is 0 Å². The smallest absolute Gasteiger partial charge is 0.226 e. The van der Waals surface area contributed by atoms with Crippen LogP contribution in [0.25, 0.3) is 0 Å². The van der Waals surface area contributed by atoms with E-state index in [1.165, 1.54) is 12.1 Å². The maximum atomic E-state index is 13.8. The predicted octanol–water partition coefficient (Wildman–Crippen LogP) is 7.05. The second kappa shape index (κ2) is 10.7. The number of rotatable bonds is 8. The first-order valence-electron chi connectivity index (χ1n) is 11.4. The highest BCUT2D eigenvalue weighted by molar-refractivity contribution is 6.30. The molecular formula is C26H32ClF2NO2. The maximum Gasteiger partial charge on any atom is 0.226 e. The molecule has 0 aromatic heterocycles. The first kappa shape index (κ1) is 24.5. The molecule has 3 unspecified atom stereocenters. The van der Waals surface area contributed by atoms with Crippen molar-refractivity contribution in [3.63, 3.8) is 0 Å². The summed E-state index contributed by atoms with van der Waals surface area (Å²) >= 11 is 6.53. The lowest BCUT2D eigenvalue weighted by Gasteiger charge is -2.40. The number of allylic oxidation sites excluding steroid dienone is 4. The molecular weight excluding hydrogens is 432 g/mol. The number of amides is 1. The summed E-state index contributed by atoms with van der Waals surface area (Å²) in [7, 11) is 0. The molecule has 1 aromatic carbocycles. The Bertz CT molecular complexity index is 887. The van der Waals surface area contributed by atoms with Crippen molar-refractivity contribution in [1.29, 1.82) is 0 Å². The Morgan fingerprint density at radius 2 is 1.94 bits per heavy atom. The standard InChI is InChI=1S/C26H32ClF2NO2/c1-5-7-8-24(25(27)16(3)6-2)32-22-13-19(14-22)26(31)30-17(4)9-10-23(30)18-11-20(28)15-21(29)12-18/h5,7-8,11-12,15-17,19,22-23H,1,6,9-10,13-14H2,2-4H3/b8-7-,25-24-. The topological polar surface area (TPSA) is 29.5 Å². The van der Waals surface area contributed by atoms with E-state index in [-0.39, 0.29) is 35.9 Å². The summed E-state index contributed by atoms with van der Waals surface area (Å²) in [6, 6.07) is 3.26. The molecule has 174 valence electrons. The minimum atomic E-state index is -0.617. The third kappa shape index (κ3) is 5.43. The number of carbonyl (C=O) groups excluding carboxylic acids is 1. The normalized spacial score (nSPS) is 27.1. The Morgan fingerprint density at radius 3 is 2.53 bits per heavy atom. The number of halogens is 3. The molecule has 0 radical (unpaired) electrons. The molecule has 2 aliphatic rings. The minimum absolute atomic E-state index is 0.0321. The van der Waals surface area contributed by atoms with E-state index in [9.17, 15) is 13.6 Å². The third-order valence-electron chi connectivity index (χ3n) is 6.59. The maximum absolute atomic E-state index is 13.8. The number of ether oxygens (including phenoxy) is 1. The highest BCUT2D eigenvalue weighted by Crippen LogP contribution is 2.42. The summed E-state index contributed by atoms with van der Waals surface area (Å²) in [4.78, 5) is 15.1. The van der Waals surface area contributed by atoms with Crippen LogP contribution in [0.3, 0.4) is 0 Å². The van der Waals surface area contributed by atoms with Gasteiger partial charge in [-0.2, -0.15) is 0 Å². The van der Waals surface area contributed by atoms with Gasteiger partial charge in [-0.3, -0.25) is 4.79 Å². The quantitative estimate of drug-likeness (QED) is 0.305. The van der Waals surface area contributed by atoms with Crippen molar-refractivity contribution < 1.29 is 18.3 Å². The fourth-order valence-electron chi connectivity index (χ4n) is 4.46. The van der Waals surface area contributed by atoms with Crippen molar-refractivity contribution in [3.05, 3.63) is 71.0 Å². The molecule has 0 spiro atoms. The molecule has 1 heterocycles. The Kier molecular flexibility index (Phi) is 8.16. The Morgan fingerprint density at radius 1 is 1.28 bits per heavy atom. The first-order valence-corrected chi connectivity index (χ1v) is 11.8. The molecule has 6 heteroatoms. The van der Waals surface area contributed by atoms with E-state index in [2.05, 4.69) is 13.5 Å². The van der Waals surface area contributed by atoms with Gasteiger partial charge in [0.05, 0.1) is 11.1 Å². The highest BCUT2D eigenvalue weighted by Gasteiger charge is 2.44. The van der Waals surface area contributed by atoms with Crippen LogP contribution in [0.15, 0.2) is 53.8 Å². The van der Waals surface area contributed by atoms with Gasteiger partial charge in [0.25, 0.3) is 0 Å². The molecule has 0 bridgehead atoms. The molecule has 1 saturated heterocycles. The zero-order valence-corrected chi connectivity index (χ0v) is 19.7. The molecule has 2 fully saturated rings. The number of hydrogen-bond donors (Lipinski definition) is 0. The van der Waals surface area contributed by atoms with E-state index >= 15 is 0 Å².